The predicted octanol–water partition coefficient (Wildman–Crippen LogP) is 2.56. The van der Waals surface area contributed by atoms with Crippen LogP contribution in [0.3, 0.4) is 0 Å². The summed E-state index contributed by atoms with van der Waals surface area (Å²) in [6, 6.07) is 7.80. The van der Waals surface area contributed by atoms with Gasteiger partial charge in [0.25, 0.3) is 0 Å². The first-order valence-electron chi connectivity index (χ1n) is 7.91. The fourth-order valence-electron chi connectivity index (χ4n) is 3.05. The molecule has 1 aromatic carbocycles. The number of piperidine rings is 1. The largest absolute Gasteiger partial charge is 0.496 e. The molecule has 0 bridgehead atoms. The number of carbonyl (C=O) groups is 1. The van der Waals surface area contributed by atoms with Gasteiger partial charge in [-0.1, -0.05) is 18.2 Å². The topological polar surface area (TPSA) is 41.6 Å². The first-order valence-corrected chi connectivity index (χ1v) is 7.91. The first-order chi connectivity index (χ1) is 10.7. The lowest BCUT2D eigenvalue weighted by molar-refractivity contribution is -0.127. The SMILES string of the molecule is CNCC1CCCN(C(=O)/C=C(\C)c2ccccc2OC)C1. The number of benzene rings is 1. The number of carbonyl (C=O) groups excluding carboxylic acids is 1. The van der Waals surface area contributed by atoms with Gasteiger partial charge < -0.3 is 15.0 Å². The summed E-state index contributed by atoms with van der Waals surface area (Å²) in [5, 5.41) is 3.21. The fourth-order valence-corrected chi connectivity index (χ4v) is 3.05. The molecule has 1 atom stereocenters. The van der Waals surface area contributed by atoms with Gasteiger partial charge in [0.05, 0.1) is 7.11 Å². The van der Waals surface area contributed by atoms with E-state index in [9.17, 15) is 4.79 Å². The van der Waals surface area contributed by atoms with Gasteiger partial charge in [-0.05, 0) is 50.9 Å². The van der Waals surface area contributed by atoms with Crippen LogP contribution in [0.15, 0.2) is 30.3 Å². The lowest BCUT2D eigenvalue weighted by Crippen LogP contribution is -2.41. The van der Waals surface area contributed by atoms with E-state index in [1.807, 2.05) is 43.1 Å². The molecule has 0 spiro atoms. The molecule has 1 unspecified atom stereocenters. The molecule has 22 heavy (non-hydrogen) atoms. The van der Waals surface area contributed by atoms with Crippen molar-refractivity contribution in [3.63, 3.8) is 0 Å². The van der Waals surface area contributed by atoms with Crippen molar-refractivity contribution in [2.75, 3.05) is 33.8 Å². The summed E-state index contributed by atoms with van der Waals surface area (Å²) in [4.78, 5) is 14.5. The summed E-state index contributed by atoms with van der Waals surface area (Å²) < 4.78 is 5.37. The molecule has 120 valence electrons. The molecule has 0 saturated carbocycles. The molecule has 4 nitrogen and oxygen atoms in total. The van der Waals surface area contributed by atoms with Crippen molar-refractivity contribution in [3.8, 4) is 5.75 Å². The predicted molar refractivity (Wildman–Crippen MR) is 89.9 cm³/mol. The summed E-state index contributed by atoms with van der Waals surface area (Å²) in [7, 11) is 3.62. The van der Waals surface area contributed by atoms with E-state index in [1.54, 1.807) is 13.2 Å². The number of para-hydroxylation sites is 1. The molecule has 1 fully saturated rings. The van der Waals surface area contributed by atoms with Gasteiger partial charge in [0.15, 0.2) is 0 Å². The second-order valence-electron chi connectivity index (χ2n) is 5.88. The highest BCUT2D eigenvalue weighted by Gasteiger charge is 2.22. The van der Waals surface area contributed by atoms with Crippen molar-refractivity contribution in [2.24, 2.45) is 5.92 Å². The van der Waals surface area contributed by atoms with Gasteiger partial charge in [0.2, 0.25) is 5.91 Å². The zero-order valence-corrected chi connectivity index (χ0v) is 13.8. The van der Waals surface area contributed by atoms with Crippen molar-refractivity contribution >= 4 is 11.5 Å². The minimum Gasteiger partial charge on any atom is -0.496 e. The Morgan fingerprint density at radius 3 is 2.95 bits per heavy atom. The van der Waals surface area contributed by atoms with Crippen molar-refractivity contribution in [2.45, 2.75) is 19.8 Å². The van der Waals surface area contributed by atoms with Crippen LogP contribution in [-0.2, 0) is 4.79 Å². The molecule has 0 radical (unpaired) electrons. The fraction of sp³-hybridized carbons (Fsp3) is 0.500. The van der Waals surface area contributed by atoms with E-state index in [-0.39, 0.29) is 5.91 Å². The van der Waals surface area contributed by atoms with Crippen LogP contribution in [0.5, 0.6) is 5.75 Å². The van der Waals surface area contributed by atoms with Crippen molar-refractivity contribution in [1.29, 1.82) is 0 Å². The monoisotopic (exact) mass is 302 g/mol. The van der Waals surface area contributed by atoms with E-state index in [4.69, 9.17) is 4.74 Å². The Balaban J connectivity index is 2.09. The molecule has 0 aromatic heterocycles. The molecule has 1 aliphatic heterocycles. The number of nitrogens with one attached hydrogen (secondary N) is 1. The second-order valence-corrected chi connectivity index (χ2v) is 5.88. The molecule has 1 heterocycles. The maximum Gasteiger partial charge on any atom is 0.246 e. The normalized spacial score (nSPS) is 19.1. The summed E-state index contributed by atoms with van der Waals surface area (Å²) in [5.74, 6) is 1.46. The number of methoxy groups -OCH3 is 1. The maximum atomic E-state index is 12.5. The van der Waals surface area contributed by atoms with E-state index in [1.165, 1.54) is 6.42 Å². The first kappa shape index (κ1) is 16.6. The number of hydrogen-bond acceptors (Lipinski definition) is 3. The smallest absolute Gasteiger partial charge is 0.246 e. The van der Waals surface area contributed by atoms with Crippen LogP contribution in [0.25, 0.3) is 5.57 Å². The number of allylic oxidation sites excluding steroid dienone is 1. The van der Waals surface area contributed by atoms with Crippen LogP contribution < -0.4 is 10.1 Å². The van der Waals surface area contributed by atoms with E-state index < -0.39 is 0 Å². The van der Waals surface area contributed by atoms with Gasteiger partial charge in [-0.3, -0.25) is 4.79 Å². The number of rotatable bonds is 5. The van der Waals surface area contributed by atoms with E-state index >= 15 is 0 Å². The van der Waals surface area contributed by atoms with Crippen molar-refractivity contribution in [3.05, 3.63) is 35.9 Å². The Bertz CT molecular complexity index is 538. The van der Waals surface area contributed by atoms with Crippen LogP contribution >= 0.6 is 0 Å². The summed E-state index contributed by atoms with van der Waals surface area (Å²) in [6.07, 6.45) is 4.01. The minimum absolute atomic E-state index is 0.101. The Morgan fingerprint density at radius 1 is 1.45 bits per heavy atom. The highest BCUT2D eigenvalue weighted by molar-refractivity contribution is 5.95. The van der Waals surface area contributed by atoms with Crippen LogP contribution in [0.1, 0.15) is 25.3 Å². The van der Waals surface area contributed by atoms with Crippen LogP contribution in [-0.4, -0.2) is 44.6 Å². The quantitative estimate of drug-likeness (QED) is 0.850. The molecule has 4 heteroatoms. The number of ether oxygens (including phenoxy) is 1. The molecule has 1 amide bonds. The highest BCUT2D eigenvalue weighted by Crippen LogP contribution is 2.25. The summed E-state index contributed by atoms with van der Waals surface area (Å²) in [6.45, 7) is 4.63. The molecular formula is C18H26N2O2. The van der Waals surface area contributed by atoms with Gasteiger partial charge in [-0.2, -0.15) is 0 Å². The molecule has 1 aromatic rings. The Labute approximate surface area is 133 Å². The zero-order chi connectivity index (χ0) is 15.9. The summed E-state index contributed by atoms with van der Waals surface area (Å²) >= 11 is 0. The minimum atomic E-state index is 0.101. The average Bonchev–Trinajstić information content (AvgIpc) is 2.55. The Hall–Kier alpha value is -1.81. The molecule has 1 saturated heterocycles. The molecule has 1 aliphatic rings. The van der Waals surface area contributed by atoms with Crippen molar-refractivity contribution in [1.82, 2.24) is 10.2 Å². The third kappa shape index (κ3) is 4.10. The zero-order valence-electron chi connectivity index (χ0n) is 13.8. The molecule has 1 N–H and O–H groups in total. The number of hydrogen-bond donors (Lipinski definition) is 1. The molecular weight excluding hydrogens is 276 g/mol. The van der Waals surface area contributed by atoms with Gasteiger partial charge in [0, 0.05) is 24.7 Å². The van der Waals surface area contributed by atoms with Crippen molar-refractivity contribution < 1.29 is 9.53 Å². The molecule has 0 aliphatic carbocycles. The van der Waals surface area contributed by atoms with Gasteiger partial charge in [-0.15, -0.1) is 0 Å². The lowest BCUT2D eigenvalue weighted by Gasteiger charge is -2.32. The van der Waals surface area contributed by atoms with Gasteiger partial charge >= 0.3 is 0 Å². The van der Waals surface area contributed by atoms with Crippen LogP contribution in [0, 0.1) is 5.92 Å². The van der Waals surface area contributed by atoms with E-state index in [0.29, 0.717) is 5.92 Å². The highest BCUT2D eigenvalue weighted by atomic mass is 16.5. The third-order valence-corrected chi connectivity index (χ3v) is 4.20. The standard InChI is InChI=1S/C18H26N2O2/c1-14(16-8-4-5-9-17(16)22-3)11-18(21)20-10-6-7-15(13-20)12-19-2/h4-5,8-9,11,15,19H,6-7,10,12-13H2,1-3H3/b14-11+. The Kier molecular flexibility index (Phi) is 6.01. The number of amides is 1. The maximum absolute atomic E-state index is 12.5. The van der Waals surface area contributed by atoms with Crippen LogP contribution in [0.4, 0.5) is 0 Å². The lowest BCUT2D eigenvalue weighted by atomic mass is 9.97. The molecule has 2 rings (SSSR count). The van der Waals surface area contributed by atoms with E-state index in [0.717, 1.165) is 42.9 Å². The van der Waals surface area contributed by atoms with Gasteiger partial charge in [-0.25, -0.2) is 0 Å². The summed E-state index contributed by atoms with van der Waals surface area (Å²) in [5.41, 5.74) is 1.92. The second kappa shape index (κ2) is 7.99. The third-order valence-electron chi connectivity index (χ3n) is 4.20. The Morgan fingerprint density at radius 2 is 2.23 bits per heavy atom. The van der Waals surface area contributed by atoms with Crippen LogP contribution in [0.2, 0.25) is 0 Å². The van der Waals surface area contributed by atoms with Gasteiger partial charge in [0.1, 0.15) is 5.75 Å². The number of likely N-dealkylation sites (tertiary alicyclic amines) is 1. The number of nitrogens with zero attached hydrogens (tertiary/aromatic N) is 1. The average molecular weight is 302 g/mol. The van der Waals surface area contributed by atoms with E-state index in [2.05, 4.69) is 5.32 Å².